The van der Waals surface area contributed by atoms with E-state index >= 15 is 0 Å². The van der Waals surface area contributed by atoms with Gasteiger partial charge in [0.05, 0.1) is 29.0 Å². The summed E-state index contributed by atoms with van der Waals surface area (Å²) in [7, 11) is 0. The van der Waals surface area contributed by atoms with Crippen molar-refractivity contribution < 1.29 is 5.11 Å². The van der Waals surface area contributed by atoms with Gasteiger partial charge in [0.2, 0.25) is 5.95 Å². The second-order valence-electron chi connectivity index (χ2n) is 9.31. The van der Waals surface area contributed by atoms with Gasteiger partial charge < -0.3 is 10.4 Å². The number of fused-ring (bicyclic) bond motifs is 1. The highest BCUT2D eigenvalue weighted by Crippen LogP contribution is 2.39. The summed E-state index contributed by atoms with van der Waals surface area (Å²) in [6.45, 7) is 6.16. The number of anilines is 2. The molecule has 0 spiro atoms. The lowest BCUT2D eigenvalue weighted by Crippen LogP contribution is -2.37. The van der Waals surface area contributed by atoms with Crippen LogP contribution < -0.4 is 5.32 Å². The number of aliphatic hydroxyl groups is 1. The first-order valence-corrected chi connectivity index (χ1v) is 11.4. The highest BCUT2D eigenvalue weighted by Gasteiger charge is 2.29. The van der Waals surface area contributed by atoms with Crippen LogP contribution in [-0.2, 0) is 0 Å². The topological polar surface area (TPSA) is 79.1 Å². The van der Waals surface area contributed by atoms with E-state index in [1.54, 1.807) is 12.4 Å². The second-order valence-corrected chi connectivity index (χ2v) is 10.1. The summed E-state index contributed by atoms with van der Waals surface area (Å²) in [5, 5.41) is 19.9. The normalized spacial score (nSPS) is 20.0. The van der Waals surface area contributed by atoms with Crippen LogP contribution in [-0.4, -0.2) is 55.0 Å². The van der Waals surface area contributed by atoms with E-state index in [1.165, 1.54) is 0 Å². The van der Waals surface area contributed by atoms with E-state index in [1.807, 2.05) is 24.6 Å². The van der Waals surface area contributed by atoms with Crippen LogP contribution in [0.5, 0.6) is 0 Å². The standard InChI is InChI=1S/C22H26Cl2N6O/c1-22(2,31)12-29-6-5-13(11-29)16-8-18-14(7-17(16)23)9-25-21(27-18)28-19-10-26-30(20(19)24)15-3-4-15/h7-10,13,15,31H,3-6,11-12H2,1-2H3,(H,25,27,28). The molecule has 1 aliphatic heterocycles. The minimum atomic E-state index is -0.704. The summed E-state index contributed by atoms with van der Waals surface area (Å²) in [5.74, 6) is 0.796. The van der Waals surface area contributed by atoms with E-state index in [0.717, 1.165) is 53.8 Å². The third-order valence-electron chi connectivity index (χ3n) is 5.89. The Kier molecular flexibility index (Phi) is 5.33. The van der Waals surface area contributed by atoms with Crippen molar-refractivity contribution in [3.63, 3.8) is 0 Å². The molecule has 5 rings (SSSR count). The average molecular weight is 461 g/mol. The third-order valence-corrected chi connectivity index (χ3v) is 6.60. The quantitative estimate of drug-likeness (QED) is 0.551. The molecule has 164 valence electrons. The van der Waals surface area contributed by atoms with E-state index in [0.29, 0.717) is 35.3 Å². The van der Waals surface area contributed by atoms with Crippen LogP contribution in [0.25, 0.3) is 10.9 Å². The van der Waals surface area contributed by atoms with Gasteiger partial charge >= 0.3 is 0 Å². The number of nitrogens with zero attached hydrogens (tertiary/aromatic N) is 5. The van der Waals surface area contributed by atoms with Gasteiger partial charge in [-0.25, -0.2) is 14.6 Å². The number of halogens is 2. The van der Waals surface area contributed by atoms with E-state index < -0.39 is 5.60 Å². The fourth-order valence-electron chi connectivity index (χ4n) is 4.34. The van der Waals surface area contributed by atoms with E-state index in [4.69, 9.17) is 28.2 Å². The molecule has 0 bridgehead atoms. The molecule has 3 heterocycles. The Bertz CT molecular complexity index is 1120. The number of nitrogens with one attached hydrogen (secondary N) is 1. The molecule has 1 unspecified atom stereocenters. The second kappa shape index (κ2) is 7.89. The Labute approximate surface area is 191 Å². The van der Waals surface area contributed by atoms with Crippen molar-refractivity contribution in [1.29, 1.82) is 0 Å². The number of hydrogen-bond donors (Lipinski definition) is 2. The number of benzene rings is 1. The van der Waals surface area contributed by atoms with Crippen molar-refractivity contribution in [2.75, 3.05) is 25.0 Å². The number of β-amino-alcohol motifs (C(OH)–C–C–N with tert-alkyl or cyclic N) is 1. The van der Waals surface area contributed by atoms with Crippen LogP contribution in [0.2, 0.25) is 10.2 Å². The van der Waals surface area contributed by atoms with Crippen molar-refractivity contribution >= 4 is 45.7 Å². The number of likely N-dealkylation sites (tertiary alicyclic amines) is 1. The maximum Gasteiger partial charge on any atom is 0.227 e. The zero-order valence-electron chi connectivity index (χ0n) is 17.6. The predicted octanol–water partition coefficient (Wildman–Crippen LogP) is 4.77. The molecule has 1 saturated carbocycles. The first kappa shape index (κ1) is 20.9. The molecular formula is C22H26Cl2N6O. The lowest BCUT2D eigenvalue weighted by Gasteiger charge is -2.25. The molecule has 1 atom stereocenters. The number of hydrogen-bond acceptors (Lipinski definition) is 6. The molecule has 9 heteroatoms. The molecule has 2 fully saturated rings. The zero-order chi connectivity index (χ0) is 21.8. The van der Waals surface area contributed by atoms with Crippen LogP contribution >= 0.6 is 23.2 Å². The fraction of sp³-hybridized carbons (Fsp3) is 0.500. The van der Waals surface area contributed by atoms with Crippen LogP contribution in [0.3, 0.4) is 0 Å². The molecule has 1 aliphatic carbocycles. The molecular weight excluding hydrogens is 435 g/mol. The van der Waals surface area contributed by atoms with Gasteiger partial charge in [0.25, 0.3) is 0 Å². The monoisotopic (exact) mass is 460 g/mol. The molecule has 7 nitrogen and oxygen atoms in total. The Hall–Kier alpha value is -1.93. The predicted molar refractivity (Wildman–Crippen MR) is 123 cm³/mol. The fourth-order valence-corrected chi connectivity index (χ4v) is 4.95. The first-order valence-electron chi connectivity index (χ1n) is 10.7. The van der Waals surface area contributed by atoms with Crippen molar-refractivity contribution in [3.05, 3.63) is 40.3 Å². The summed E-state index contributed by atoms with van der Waals surface area (Å²) < 4.78 is 1.85. The Morgan fingerprint density at radius 3 is 2.74 bits per heavy atom. The van der Waals surface area contributed by atoms with Gasteiger partial charge in [-0.1, -0.05) is 23.2 Å². The van der Waals surface area contributed by atoms with Crippen molar-refractivity contribution in [2.24, 2.45) is 0 Å². The summed E-state index contributed by atoms with van der Waals surface area (Å²) >= 11 is 13.1. The molecule has 0 amide bonds. The first-order chi connectivity index (χ1) is 14.8. The zero-order valence-corrected chi connectivity index (χ0v) is 19.2. The minimum Gasteiger partial charge on any atom is -0.389 e. The van der Waals surface area contributed by atoms with Crippen molar-refractivity contribution in [2.45, 2.75) is 50.7 Å². The molecule has 3 aromatic rings. The van der Waals surface area contributed by atoms with Crippen LogP contribution in [0.4, 0.5) is 11.6 Å². The van der Waals surface area contributed by atoms with Gasteiger partial charge in [0.15, 0.2) is 5.15 Å². The van der Waals surface area contributed by atoms with Gasteiger partial charge in [0.1, 0.15) is 0 Å². The van der Waals surface area contributed by atoms with Crippen molar-refractivity contribution in [1.82, 2.24) is 24.6 Å². The minimum absolute atomic E-state index is 0.317. The highest BCUT2D eigenvalue weighted by molar-refractivity contribution is 6.32. The Morgan fingerprint density at radius 1 is 1.19 bits per heavy atom. The lowest BCUT2D eigenvalue weighted by molar-refractivity contribution is 0.0435. The summed E-state index contributed by atoms with van der Waals surface area (Å²) in [5.41, 5.74) is 1.94. The van der Waals surface area contributed by atoms with Crippen LogP contribution in [0.15, 0.2) is 24.5 Å². The molecule has 31 heavy (non-hydrogen) atoms. The third kappa shape index (κ3) is 4.51. The van der Waals surface area contributed by atoms with Crippen LogP contribution in [0.1, 0.15) is 50.6 Å². The summed E-state index contributed by atoms with van der Waals surface area (Å²) in [6.07, 6.45) is 6.73. The Balaban J connectivity index is 1.38. The van der Waals surface area contributed by atoms with E-state index in [2.05, 4.69) is 26.4 Å². The number of rotatable bonds is 6. The van der Waals surface area contributed by atoms with Gasteiger partial charge in [-0.05, 0) is 63.3 Å². The van der Waals surface area contributed by atoms with Gasteiger partial charge in [-0.3, -0.25) is 4.90 Å². The largest absolute Gasteiger partial charge is 0.389 e. The lowest BCUT2D eigenvalue weighted by atomic mass is 9.97. The van der Waals surface area contributed by atoms with E-state index in [-0.39, 0.29) is 0 Å². The molecule has 0 radical (unpaired) electrons. The Morgan fingerprint density at radius 2 is 2.00 bits per heavy atom. The van der Waals surface area contributed by atoms with E-state index in [9.17, 15) is 5.11 Å². The average Bonchev–Trinajstić information content (AvgIpc) is 3.34. The summed E-state index contributed by atoms with van der Waals surface area (Å²) in [4.78, 5) is 11.4. The van der Waals surface area contributed by atoms with Gasteiger partial charge in [0, 0.05) is 29.7 Å². The van der Waals surface area contributed by atoms with Gasteiger partial charge in [-0.2, -0.15) is 5.10 Å². The maximum absolute atomic E-state index is 10.1. The molecule has 2 N–H and O–H groups in total. The molecule has 1 aromatic carbocycles. The smallest absolute Gasteiger partial charge is 0.227 e. The van der Waals surface area contributed by atoms with Crippen molar-refractivity contribution in [3.8, 4) is 0 Å². The molecule has 2 aliphatic rings. The maximum atomic E-state index is 10.1. The SMILES string of the molecule is CC(C)(O)CN1CCC(c2cc3nc(Nc4cnn(C5CC5)c4Cl)ncc3cc2Cl)C1. The highest BCUT2D eigenvalue weighted by atomic mass is 35.5. The summed E-state index contributed by atoms with van der Waals surface area (Å²) in [6, 6.07) is 4.41. The molecule has 2 aromatic heterocycles. The molecule has 1 saturated heterocycles. The van der Waals surface area contributed by atoms with Crippen LogP contribution in [0, 0.1) is 0 Å². The van der Waals surface area contributed by atoms with Gasteiger partial charge in [-0.15, -0.1) is 0 Å². The number of aromatic nitrogens is 4.